The number of anilines is 1. The van der Waals surface area contributed by atoms with Crippen LogP contribution in [-0.2, 0) is 11.3 Å². The van der Waals surface area contributed by atoms with Crippen molar-refractivity contribution in [1.29, 1.82) is 0 Å². The van der Waals surface area contributed by atoms with Crippen LogP contribution in [-0.4, -0.2) is 44.5 Å². The quantitative estimate of drug-likeness (QED) is 0.876. The van der Waals surface area contributed by atoms with Crippen molar-refractivity contribution in [2.24, 2.45) is 5.92 Å². The van der Waals surface area contributed by atoms with E-state index in [-0.39, 0.29) is 5.91 Å². The molecule has 0 aromatic heterocycles. The van der Waals surface area contributed by atoms with Gasteiger partial charge in [-0.1, -0.05) is 31.9 Å². The van der Waals surface area contributed by atoms with Crippen LogP contribution in [0.15, 0.2) is 24.3 Å². The minimum Gasteiger partial charge on any atom is -0.378 e. The Morgan fingerprint density at radius 3 is 2.39 bits per heavy atom. The van der Waals surface area contributed by atoms with Gasteiger partial charge < -0.3 is 10.2 Å². The number of carbonyl (C=O) groups excluding carboxylic acids is 1. The Balaban J connectivity index is 1.79. The van der Waals surface area contributed by atoms with Crippen LogP contribution < -0.4 is 10.2 Å². The van der Waals surface area contributed by atoms with Gasteiger partial charge in [0.1, 0.15) is 0 Å². The van der Waals surface area contributed by atoms with Crippen LogP contribution in [0.2, 0.25) is 0 Å². The second kappa shape index (κ2) is 8.34. The van der Waals surface area contributed by atoms with E-state index in [1.807, 2.05) is 21.1 Å². The molecule has 1 aliphatic rings. The van der Waals surface area contributed by atoms with Gasteiger partial charge in [-0.25, -0.2) is 0 Å². The van der Waals surface area contributed by atoms with Crippen LogP contribution >= 0.6 is 0 Å². The molecule has 0 unspecified atom stereocenters. The van der Waals surface area contributed by atoms with Crippen molar-refractivity contribution < 1.29 is 4.79 Å². The average Bonchev–Trinajstić information content (AvgIpc) is 2.50. The van der Waals surface area contributed by atoms with Gasteiger partial charge in [-0.05, 0) is 43.5 Å². The van der Waals surface area contributed by atoms with Gasteiger partial charge in [0.2, 0.25) is 5.91 Å². The standard InChI is InChI=1S/C19H31N3O/c1-15-7-5-6-8-18(15)20-19(23)14-22(4)13-16-9-11-17(12-10-16)21(2)3/h9-12,15,18H,5-8,13-14H2,1-4H3,(H,20,23)/t15-,18+/m0/s1. The molecule has 2 atom stereocenters. The average molecular weight is 317 g/mol. The fraction of sp³-hybridized carbons (Fsp3) is 0.632. The molecule has 4 nitrogen and oxygen atoms in total. The molecule has 1 N–H and O–H groups in total. The Morgan fingerprint density at radius 2 is 1.78 bits per heavy atom. The maximum Gasteiger partial charge on any atom is 0.234 e. The van der Waals surface area contributed by atoms with Crippen molar-refractivity contribution in [3.8, 4) is 0 Å². The van der Waals surface area contributed by atoms with Crippen LogP contribution in [0.5, 0.6) is 0 Å². The van der Waals surface area contributed by atoms with Crippen LogP contribution in [0.25, 0.3) is 0 Å². The molecule has 23 heavy (non-hydrogen) atoms. The maximum absolute atomic E-state index is 12.2. The van der Waals surface area contributed by atoms with Crippen LogP contribution in [0.1, 0.15) is 38.2 Å². The van der Waals surface area contributed by atoms with Gasteiger partial charge in [-0.2, -0.15) is 0 Å². The summed E-state index contributed by atoms with van der Waals surface area (Å²) in [6.45, 7) is 3.50. The van der Waals surface area contributed by atoms with E-state index in [2.05, 4.69) is 46.3 Å². The van der Waals surface area contributed by atoms with Crippen molar-refractivity contribution in [1.82, 2.24) is 10.2 Å². The fourth-order valence-electron chi connectivity index (χ4n) is 3.30. The molecule has 1 aromatic rings. The highest BCUT2D eigenvalue weighted by Crippen LogP contribution is 2.23. The molecular formula is C19H31N3O. The Bertz CT molecular complexity index is 498. The fourth-order valence-corrected chi connectivity index (χ4v) is 3.30. The third-order valence-corrected chi connectivity index (χ3v) is 4.78. The number of hydrogen-bond donors (Lipinski definition) is 1. The predicted octanol–water partition coefficient (Wildman–Crippen LogP) is 2.88. The summed E-state index contributed by atoms with van der Waals surface area (Å²) in [5, 5.41) is 3.22. The number of likely N-dealkylation sites (N-methyl/N-ethyl adjacent to an activating group) is 1. The third-order valence-electron chi connectivity index (χ3n) is 4.78. The van der Waals surface area contributed by atoms with E-state index in [1.165, 1.54) is 30.5 Å². The maximum atomic E-state index is 12.2. The van der Waals surface area contributed by atoms with Crippen LogP contribution in [0, 0.1) is 5.92 Å². The topological polar surface area (TPSA) is 35.6 Å². The van der Waals surface area contributed by atoms with Crippen molar-refractivity contribution >= 4 is 11.6 Å². The van der Waals surface area contributed by atoms with Crippen LogP contribution in [0.3, 0.4) is 0 Å². The zero-order valence-electron chi connectivity index (χ0n) is 15.0. The molecule has 0 heterocycles. The van der Waals surface area contributed by atoms with Gasteiger partial charge >= 0.3 is 0 Å². The monoisotopic (exact) mass is 317 g/mol. The first-order valence-electron chi connectivity index (χ1n) is 8.70. The number of nitrogens with zero attached hydrogens (tertiary/aromatic N) is 2. The minimum absolute atomic E-state index is 0.149. The largest absolute Gasteiger partial charge is 0.378 e. The number of rotatable bonds is 6. The molecule has 1 aromatic carbocycles. The van der Waals surface area contributed by atoms with E-state index >= 15 is 0 Å². The van der Waals surface area contributed by atoms with E-state index in [4.69, 9.17) is 0 Å². The summed E-state index contributed by atoms with van der Waals surface area (Å²) in [6.07, 6.45) is 4.90. The highest BCUT2D eigenvalue weighted by molar-refractivity contribution is 5.78. The van der Waals surface area contributed by atoms with Gasteiger partial charge in [-0.3, -0.25) is 9.69 Å². The normalized spacial score (nSPS) is 21.3. The number of carbonyl (C=O) groups is 1. The Kier molecular flexibility index (Phi) is 6.46. The van der Waals surface area contributed by atoms with Crippen molar-refractivity contribution in [3.63, 3.8) is 0 Å². The van der Waals surface area contributed by atoms with Gasteiger partial charge in [0.25, 0.3) is 0 Å². The number of benzene rings is 1. The zero-order chi connectivity index (χ0) is 16.8. The summed E-state index contributed by atoms with van der Waals surface area (Å²) in [5.74, 6) is 0.757. The first-order chi connectivity index (χ1) is 11.0. The summed E-state index contributed by atoms with van der Waals surface area (Å²) >= 11 is 0. The van der Waals surface area contributed by atoms with E-state index in [0.29, 0.717) is 18.5 Å². The number of hydrogen-bond acceptors (Lipinski definition) is 3. The highest BCUT2D eigenvalue weighted by atomic mass is 16.2. The smallest absolute Gasteiger partial charge is 0.234 e. The highest BCUT2D eigenvalue weighted by Gasteiger charge is 2.23. The molecule has 128 valence electrons. The summed E-state index contributed by atoms with van der Waals surface area (Å²) in [6, 6.07) is 8.86. The molecule has 1 aliphatic carbocycles. The van der Waals surface area contributed by atoms with Gasteiger partial charge in [0, 0.05) is 32.4 Å². The molecule has 0 radical (unpaired) electrons. The predicted molar refractivity (Wildman–Crippen MR) is 96.7 cm³/mol. The molecular weight excluding hydrogens is 286 g/mol. The Morgan fingerprint density at radius 1 is 1.13 bits per heavy atom. The first-order valence-corrected chi connectivity index (χ1v) is 8.70. The lowest BCUT2D eigenvalue weighted by Crippen LogP contribution is -2.44. The molecule has 0 bridgehead atoms. The van der Waals surface area contributed by atoms with Gasteiger partial charge in [0.05, 0.1) is 6.54 Å². The minimum atomic E-state index is 0.149. The number of nitrogens with one attached hydrogen (secondary N) is 1. The molecule has 1 fully saturated rings. The molecule has 0 aliphatic heterocycles. The van der Waals surface area contributed by atoms with E-state index in [9.17, 15) is 4.79 Å². The number of amides is 1. The summed E-state index contributed by atoms with van der Waals surface area (Å²) in [4.78, 5) is 16.4. The van der Waals surface area contributed by atoms with E-state index in [0.717, 1.165) is 13.0 Å². The van der Waals surface area contributed by atoms with E-state index < -0.39 is 0 Å². The van der Waals surface area contributed by atoms with Crippen molar-refractivity contribution in [2.45, 2.75) is 45.2 Å². The van der Waals surface area contributed by atoms with Crippen LogP contribution in [0.4, 0.5) is 5.69 Å². The Hall–Kier alpha value is -1.55. The SMILES string of the molecule is C[C@H]1CCCC[C@H]1NC(=O)CN(C)Cc1ccc(N(C)C)cc1. The zero-order valence-corrected chi connectivity index (χ0v) is 15.0. The van der Waals surface area contributed by atoms with Gasteiger partial charge in [-0.15, -0.1) is 0 Å². The van der Waals surface area contributed by atoms with Crippen molar-refractivity contribution in [2.75, 3.05) is 32.6 Å². The summed E-state index contributed by atoms with van der Waals surface area (Å²) in [7, 11) is 6.08. The van der Waals surface area contributed by atoms with Gasteiger partial charge in [0.15, 0.2) is 0 Å². The second-order valence-corrected chi connectivity index (χ2v) is 7.17. The summed E-state index contributed by atoms with van der Waals surface area (Å²) < 4.78 is 0. The third kappa shape index (κ3) is 5.54. The molecule has 4 heteroatoms. The lowest BCUT2D eigenvalue weighted by Gasteiger charge is -2.30. The van der Waals surface area contributed by atoms with Crippen molar-refractivity contribution in [3.05, 3.63) is 29.8 Å². The molecule has 1 saturated carbocycles. The summed E-state index contributed by atoms with van der Waals surface area (Å²) in [5.41, 5.74) is 2.43. The molecule has 0 spiro atoms. The Labute approximate surface area is 140 Å². The van der Waals surface area contributed by atoms with E-state index in [1.54, 1.807) is 0 Å². The molecule has 1 amide bonds. The first kappa shape index (κ1) is 17.8. The molecule has 0 saturated heterocycles. The molecule has 2 rings (SSSR count). The lowest BCUT2D eigenvalue weighted by molar-refractivity contribution is -0.123. The second-order valence-electron chi connectivity index (χ2n) is 7.17. The lowest BCUT2D eigenvalue weighted by atomic mass is 9.86.